The number of anilines is 1. The molecule has 2 rings (SSSR count). The third kappa shape index (κ3) is 0.952. The molecule has 1 aliphatic rings. The van der Waals surface area contributed by atoms with Crippen LogP contribution < -0.4 is 5.32 Å². The molecule has 0 spiro atoms. The fraction of sp³-hybridized carbons (Fsp3) is 0.143. The van der Waals surface area contributed by atoms with E-state index in [0.717, 1.165) is 0 Å². The van der Waals surface area contributed by atoms with Gasteiger partial charge in [-0.05, 0) is 11.4 Å². The molecule has 3 nitrogen and oxygen atoms in total. The molecule has 1 N–H and O–H groups in total. The molecule has 0 bridgehead atoms. The molecule has 2 heterocycles. The number of hydrogen-bond donors (Lipinski definition) is 1. The molecule has 0 fully saturated rings. The zero-order valence-corrected chi connectivity index (χ0v) is 6.40. The van der Waals surface area contributed by atoms with Crippen LogP contribution >= 0.6 is 11.3 Å². The van der Waals surface area contributed by atoms with E-state index >= 15 is 0 Å². The second-order valence-corrected chi connectivity index (χ2v) is 3.23. The summed E-state index contributed by atoms with van der Waals surface area (Å²) < 4.78 is 0. The van der Waals surface area contributed by atoms with Crippen LogP contribution in [-0.4, -0.2) is 11.7 Å². The summed E-state index contributed by atoms with van der Waals surface area (Å²) >= 11 is 1.37. The highest BCUT2D eigenvalue weighted by Gasteiger charge is 2.22. The zero-order chi connectivity index (χ0) is 7.84. The predicted octanol–water partition coefficient (Wildman–Crippen LogP) is 1.27. The van der Waals surface area contributed by atoms with Crippen molar-refractivity contribution >= 4 is 28.7 Å². The third-order valence-electron chi connectivity index (χ3n) is 1.51. The van der Waals surface area contributed by atoms with E-state index in [2.05, 4.69) is 5.32 Å². The van der Waals surface area contributed by atoms with Gasteiger partial charge in [-0.3, -0.25) is 9.59 Å². The van der Waals surface area contributed by atoms with E-state index in [1.165, 1.54) is 11.3 Å². The van der Waals surface area contributed by atoms with Crippen LogP contribution in [0, 0.1) is 0 Å². The molecule has 0 aliphatic carbocycles. The van der Waals surface area contributed by atoms with Crippen LogP contribution in [-0.2, 0) is 4.79 Å². The third-order valence-corrected chi connectivity index (χ3v) is 2.47. The minimum absolute atomic E-state index is 0.00644. The van der Waals surface area contributed by atoms with Crippen LogP contribution in [0.2, 0.25) is 0 Å². The molecule has 1 aliphatic heterocycles. The Morgan fingerprint density at radius 2 is 2.27 bits per heavy atom. The van der Waals surface area contributed by atoms with Crippen molar-refractivity contribution in [2.45, 2.75) is 6.42 Å². The molecule has 1 amide bonds. The lowest BCUT2D eigenvalue weighted by Crippen LogP contribution is -2.22. The Hall–Kier alpha value is -1.16. The summed E-state index contributed by atoms with van der Waals surface area (Å²) in [6.45, 7) is 0. The summed E-state index contributed by atoms with van der Waals surface area (Å²) in [5.41, 5.74) is 0.663. The van der Waals surface area contributed by atoms with Crippen LogP contribution in [0.4, 0.5) is 5.69 Å². The lowest BCUT2D eigenvalue weighted by atomic mass is 10.1. The maximum absolute atomic E-state index is 11.1. The Morgan fingerprint density at radius 1 is 1.45 bits per heavy atom. The van der Waals surface area contributed by atoms with Gasteiger partial charge in [-0.1, -0.05) is 0 Å². The molecular weight excluding hydrogens is 162 g/mol. The van der Waals surface area contributed by atoms with Gasteiger partial charge in [0, 0.05) is 0 Å². The maximum Gasteiger partial charge on any atom is 0.232 e. The number of ketones is 1. The zero-order valence-electron chi connectivity index (χ0n) is 5.59. The quantitative estimate of drug-likeness (QED) is 0.591. The van der Waals surface area contributed by atoms with Crippen molar-refractivity contribution in [3.63, 3.8) is 0 Å². The standard InChI is InChI=1S/C7H5NO2S/c9-5-3-6(10)8-4-1-2-11-7(4)5/h1-2H,3H2,(H,8,10). The number of carbonyl (C=O) groups is 2. The minimum Gasteiger partial charge on any atom is -0.324 e. The van der Waals surface area contributed by atoms with Gasteiger partial charge >= 0.3 is 0 Å². The summed E-state index contributed by atoms with van der Waals surface area (Å²) in [5, 5.41) is 4.42. The van der Waals surface area contributed by atoms with E-state index in [0.29, 0.717) is 10.6 Å². The van der Waals surface area contributed by atoms with Crippen molar-refractivity contribution in [2.75, 3.05) is 5.32 Å². The molecule has 1 aromatic rings. The molecule has 11 heavy (non-hydrogen) atoms. The number of hydrogen-bond acceptors (Lipinski definition) is 3. The van der Waals surface area contributed by atoms with Crippen molar-refractivity contribution in [1.29, 1.82) is 0 Å². The van der Waals surface area contributed by atoms with Crippen molar-refractivity contribution in [3.05, 3.63) is 16.3 Å². The molecule has 56 valence electrons. The Balaban J connectivity index is 2.52. The van der Waals surface area contributed by atoms with Gasteiger partial charge in [-0.15, -0.1) is 11.3 Å². The molecule has 4 heteroatoms. The molecule has 0 aromatic carbocycles. The number of amides is 1. The van der Waals surface area contributed by atoms with E-state index in [-0.39, 0.29) is 18.1 Å². The Morgan fingerprint density at radius 3 is 3.09 bits per heavy atom. The molecule has 1 aromatic heterocycles. The van der Waals surface area contributed by atoms with Gasteiger partial charge in [0.15, 0.2) is 5.78 Å². The first-order valence-electron chi connectivity index (χ1n) is 3.18. The highest BCUT2D eigenvalue weighted by molar-refractivity contribution is 7.12. The first kappa shape index (κ1) is 6.54. The number of thiophene rings is 1. The molecule has 0 unspecified atom stereocenters. The molecule has 0 atom stereocenters. The SMILES string of the molecule is O=C1CC(=O)c2sccc2N1. The normalized spacial score (nSPS) is 16.0. The predicted molar refractivity (Wildman–Crippen MR) is 41.9 cm³/mol. The number of carbonyl (C=O) groups excluding carboxylic acids is 2. The van der Waals surface area contributed by atoms with Gasteiger partial charge < -0.3 is 5.32 Å². The first-order chi connectivity index (χ1) is 5.27. The van der Waals surface area contributed by atoms with E-state index in [1.807, 2.05) is 0 Å². The Kier molecular flexibility index (Phi) is 1.29. The first-order valence-corrected chi connectivity index (χ1v) is 4.06. The minimum atomic E-state index is -0.207. The summed E-state index contributed by atoms with van der Waals surface area (Å²) in [4.78, 5) is 22.6. The van der Waals surface area contributed by atoms with Crippen LogP contribution in [0.3, 0.4) is 0 Å². The average Bonchev–Trinajstić information content (AvgIpc) is 2.34. The van der Waals surface area contributed by atoms with Gasteiger partial charge in [0.05, 0.1) is 17.0 Å². The fourth-order valence-electron chi connectivity index (χ4n) is 1.04. The summed E-state index contributed by atoms with van der Waals surface area (Å²) in [5.74, 6) is -0.278. The smallest absolute Gasteiger partial charge is 0.232 e. The number of Topliss-reactive ketones (excluding diaryl/α,β-unsaturated/α-hetero) is 1. The fourth-order valence-corrected chi connectivity index (χ4v) is 1.83. The highest BCUT2D eigenvalue weighted by atomic mass is 32.1. The monoisotopic (exact) mass is 167 g/mol. The van der Waals surface area contributed by atoms with E-state index in [1.54, 1.807) is 11.4 Å². The van der Waals surface area contributed by atoms with Crippen molar-refractivity contribution in [1.82, 2.24) is 0 Å². The topological polar surface area (TPSA) is 46.2 Å². The largest absolute Gasteiger partial charge is 0.324 e. The molecule has 0 radical (unpaired) electrons. The lowest BCUT2D eigenvalue weighted by Gasteiger charge is -2.09. The number of rotatable bonds is 0. The maximum atomic E-state index is 11.1. The summed E-state index contributed by atoms with van der Waals surface area (Å²) in [6, 6.07) is 1.74. The second kappa shape index (κ2) is 2.17. The lowest BCUT2D eigenvalue weighted by molar-refractivity contribution is -0.115. The van der Waals surface area contributed by atoms with Crippen LogP contribution in [0.5, 0.6) is 0 Å². The Labute approximate surface area is 67.0 Å². The molecule has 0 saturated carbocycles. The number of nitrogens with one attached hydrogen (secondary N) is 1. The van der Waals surface area contributed by atoms with Gasteiger partial charge in [-0.25, -0.2) is 0 Å². The van der Waals surface area contributed by atoms with E-state index in [4.69, 9.17) is 0 Å². The number of fused-ring (bicyclic) bond motifs is 1. The summed E-state index contributed by atoms with van der Waals surface area (Å²) in [7, 11) is 0. The summed E-state index contributed by atoms with van der Waals surface area (Å²) in [6.07, 6.45) is -0.00644. The van der Waals surface area contributed by atoms with Crippen LogP contribution in [0.25, 0.3) is 0 Å². The van der Waals surface area contributed by atoms with Crippen molar-refractivity contribution in [2.24, 2.45) is 0 Å². The Bertz CT molecular complexity index is 329. The van der Waals surface area contributed by atoms with Crippen molar-refractivity contribution in [3.8, 4) is 0 Å². The molecular formula is C7H5NO2S. The van der Waals surface area contributed by atoms with Crippen molar-refractivity contribution < 1.29 is 9.59 Å². The molecule has 0 saturated heterocycles. The van der Waals surface area contributed by atoms with Gasteiger partial charge in [-0.2, -0.15) is 0 Å². The second-order valence-electron chi connectivity index (χ2n) is 2.31. The van der Waals surface area contributed by atoms with E-state index in [9.17, 15) is 9.59 Å². The van der Waals surface area contributed by atoms with Gasteiger partial charge in [0.1, 0.15) is 0 Å². The van der Waals surface area contributed by atoms with Gasteiger partial charge in [0.25, 0.3) is 0 Å². The van der Waals surface area contributed by atoms with Crippen LogP contribution in [0.15, 0.2) is 11.4 Å². The van der Waals surface area contributed by atoms with Gasteiger partial charge in [0.2, 0.25) is 5.91 Å². The average molecular weight is 167 g/mol. The van der Waals surface area contributed by atoms with Crippen LogP contribution in [0.1, 0.15) is 16.1 Å². The van der Waals surface area contributed by atoms with E-state index < -0.39 is 0 Å². The highest BCUT2D eigenvalue weighted by Crippen LogP contribution is 2.27.